The Labute approximate surface area is 153 Å². The van der Waals surface area contributed by atoms with Crippen LogP contribution in [-0.4, -0.2) is 45.5 Å². The van der Waals surface area contributed by atoms with Crippen molar-refractivity contribution in [2.75, 3.05) is 38.3 Å². The Bertz CT molecular complexity index is 769. The second-order valence-corrected chi connectivity index (χ2v) is 6.19. The maximum absolute atomic E-state index is 12.1. The summed E-state index contributed by atoms with van der Waals surface area (Å²) in [6.45, 7) is 2.89. The number of amides is 1. The van der Waals surface area contributed by atoms with E-state index in [4.69, 9.17) is 13.9 Å². The lowest BCUT2D eigenvalue weighted by atomic mass is 10.2. The molecule has 7 nitrogen and oxygen atoms in total. The number of furan rings is 1. The van der Waals surface area contributed by atoms with Crippen molar-refractivity contribution < 1.29 is 18.7 Å². The van der Waals surface area contributed by atoms with Gasteiger partial charge < -0.3 is 18.8 Å². The Balaban J connectivity index is 1.63. The molecule has 1 aromatic carbocycles. The molecule has 2 aromatic rings. The van der Waals surface area contributed by atoms with Gasteiger partial charge in [0.15, 0.2) is 5.76 Å². The van der Waals surface area contributed by atoms with Gasteiger partial charge in [0.05, 0.1) is 31.0 Å². The first-order chi connectivity index (χ1) is 12.2. The van der Waals surface area contributed by atoms with Crippen molar-refractivity contribution in [3.05, 3.63) is 46.1 Å². The molecule has 1 N–H and O–H groups in total. The van der Waals surface area contributed by atoms with E-state index in [9.17, 15) is 4.79 Å². The zero-order valence-corrected chi connectivity index (χ0v) is 15.3. The summed E-state index contributed by atoms with van der Waals surface area (Å²) in [7, 11) is 1.55. The van der Waals surface area contributed by atoms with Crippen molar-refractivity contribution in [1.82, 2.24) is 5.43 Å². The maximum Gasteiger partial charge on any atom is 0.271 e. The fourth-order valence-corrected chi connectivity index (χ4v) is 2.96. The summed E-state index contributed by atoms with van der Waals surface area (Å²) in [5.41, 5.74) is 2.94. The Morgan fingerprint density at radius 1 is 1.36 bits per heavy atom. The highest BCUT2D eigenvalue weighted by Gasteiger charge is 2.18. The number of rotatable bonds is 5. The molecule has 0 unspecified atom stereocenters. The molecule has 1 fully saturated rings. The van der Waals surface area contributed by atoms with E-state index in [1.165, 1.54) is 6.21 Å². The molecule has 2 heterocycles. The summed E-state index contributed by atoms with van der Waals surface area (Å²) in [6, 6.07) is 8.66. The third-order valence-corrected chi connectivity index (χ3v) is 4.24. The van der Waals surface area contributed by atoms with Crippen LogP contribution >= 0.6 is 15.9 Å². The van der Waals surface area contributed by atoms with Crippen LogP contribution in [0.5, 0.6) is 5.75 Å². The molecule has 1 saturated heterocycles. The highest BCUT2D eigenvalue weighted by molar-refractivity contribution is 9.10. The third-order valence-electron chi connectivity index (χ3n) is 3.68. The average molecular weight is 408 g/mol. The predicted octanol–water partition coefficient (Wildman–Crippen LogP) is 2.65. The standard InChI is InChI=1S/C17H18BrN3O4/c1-23-13-4-2-3-12(9-13)16(22)20-19-11-14-10-15(18)17(25-14)21-5-7-24-8-6-21/h2-4,9-11H,5-8H2,1H3,(H,20,22)/b19-11-. The van der Waals surface area contributed by atoms with E-state index in [-0.39, 0.29) is 5.91 Å². The minimum absolute atomic E-state index is 0.325. The number of benzene rings is 1. The third kappa shape index (κ3) is 4.40. The zero-order valence-electron chi connectivity index (χ0n) is 13.7. The normalized spacial score (nSPS) is 14.7. The first-order valence-electron chi connectivity index (χ1n) is 7.77. The number of nitrogens with zero attached hydrogens (tertiary/aromatic N) is 2. The number of hydrogen-bond acceptors (Lipinski definition) is 6. The van der Waals surface area contributed by atoms with Crippen molar-refractivity contribution in [3.8, 4) is 5.75 Å². The first-order valence-corrected chi connectivity index (χ1v) is 8.56. The van der Waals surface area contributed by atoms with Crippen molar-refractivity contribution >= 4 is 33.9 Å². The molecule has 1 aliphatic rings. The van der Waals surface area contributed by atoms with E-state index in [0.717, 1.165) is 23.4 Å². The monoisotopic (exact) mass is 407 g/mol. The summed E-state index contributed by atoms with van der Waals surface area (Å²) in [6.07, 6.45) is 1.47. The van der Waals surface area contributed by atoms with E-state index in [1.807, 2.05) is 6.07 Å². The van der Waals surface area contributed by atoms with Crippen LogP contribution in [0.2, 0.25) is 0 Å². The van der Waals surface area contributed by atoms with Crippen LogP contribution in [0.25, 0.3) is 0 Å². The number of morpholine rings is 1. The summed E-state index contributed by atoms with van der Waals surface area (Å²) in [5.74, 6) is 1.57. The van der Waals surface area contributed by atoms with E-state index in [2.05, 4.69) is 31.4 Å². The van der Waals surface area contributed by atoms with Gasteiger partial charge in [0.2, 0.25) is 5.88 Å². The van der Waals surface area contributed by atoms with Gasteiger partial charge in [-0.25, -0.2) is 5.43 Å². The smallest absolute Gasteiger partial charge is 0.271 e. The van der Waals surface area contributed by atoms with Crippen LogP contribution in [-0.2, 0) is 4.74 Å². The molecule has 0 atom stereocenters. The second-order valence-electron chi connectivity index (χ2n) is 5.33. The molecule has 0 saturated carbocycles. The number of ether oxygens (including phenoxy) is 2. The molecule has 0 radical (unpaired) electrons. The SMILES string of the molecule is COc1cccc(C(=O)N/N=C\c2cc(Br)c(N3CCOCC3)o2)c1. The quantitative estimate of drug-likeness (QED) is 0.608. The van der Waals surface area contributed by atoms with Crippen LogP contribution in [0.4, 0.5) is 5.88 Å². The molecule has 1 aliphatic heterocycles. The van der Waals surface area contributed by atoms with Crippen molar-refractivity contribution in [2.45, 2.75) is 0 Å². The number of methoxy groups -OCH3 is 1. The van der Waals surface area contributed by atoms with Gasteiger partial charge in [-0.15, -0.1) is 0 Å². The van der Waals surface area contributed by atoms with Crippen LogP contribution in [0.15, 0.2) is 44.3 Å². The summed E-state index contributed by atoms with van der Waals surface area (Å²) < 4.78 is 17.1. The van der Waals surface area contributed by atoms with Gasteiger partial charge in [-0.1, -0.05) is 6.07 Å². The van der Waals surface area contributed by atoms with Gasteiger partial charge in [0.1, 0.15) is 5.75 Å². The number of carbonyl (C=O) groups excluding carboxylic acids is 1. The summed E-state index contributed by atoms with van der Waals surface area (Å²) in [5, 5.41) is 3.95. The van der Waals surface area contributed by atoms with Gasteiger partial charge in [-0.2, -0.15) is 5.10 Å². The lowest BCUT2D eigenvalue weighted by molar-refractivity contribution is 0.0954. The number of nitrogens with one attached hydrogen (secondary N) is 1. The van der Waals surface area contributed by atoms with Gasteiger partial charge in [0.25, 0.3) is 5.91 Å². The highest BCUT2D eigenvalue weighted by Crippen LogP contribution is 2.30. The Morgan fingerprint density at radius 3 is 2.92 bits per heavy atom. The van der Waals surface area contributed by atoms with Crippen molar-refractivity contribution in [3.63, 3.8) is 0 Å². The largest absolute Gasteiger partial charge is 0.497 e. The Kier molecular flexibility index (Phi) is 5.72. The molecular formula is C17H18BrN3O4. The molecule has 132 valence electrons. The van der Waals surface area contributed by atoms with Crippen LogP contribution in [0.1, 0.15) is 16.1 Å². The Hall–Kier alpha value is -2.32. The lowest BCUT2D eigenvalue weighted by Crippen LogP contribution is -2.36. The zero-order chi connectivity index (χ0) is 17.6. The summed E-state index contributed by atoms with van der Waals surface area (Å²) in [4.78, 5) is 14.2. The fraction of sp³-hybridized carbons (Fsp3) is 0.294. The predicted molar refractivity (Wildman–Crippen MR) is 97.5 cm³/mol. The first kappa shape index (κ1) is 17.5. The number of anilines is 1. The van der Waals surface area contributed by atoms with Gasteiger partial charge in [0, 0.05) is 24.7 Å². The molecule has 0 spiro atoms. The fourth-order valence-electron chi connectivity index (χ4n) is 2.41. The van der Waals surface area contributed by atoms with Crippen LogP contribution < -0.4 is 15.1 Å². The minimum Gasteiger partial charge on any atom is -0.497 e. The van der Waals surface area contributed by atoms with E-state index in [0.29, 0.717) is 30.3 Å². The van der Waals surface area contributed by atoms with Crippen LogP contribution in [0, 0.1) is 0 Å². The average Bonchev–Trinajstić information content (AvgIpc) is 3.03. The molecule has 1 aromatic heterocycles. The van der Waals surface area contributed by atoms with Gasteiger partial charge in [-0.3, -0.25) is 4.79 Å². The molecule has 3 rings (SSSR count). The van der Waals surface area contributed by atoms with Gasteiger partial charge in [-0.05, 0) is 34.1 Å². The molecular weight excluding hydrogens is 390 g/mol. The molecule has 0 bridgehead atoms. The molecule has 1 amide bonds. The molecule has 8 heteroatoms. The van der Waals surface area contributed by atoms with Crippen molar-refractivity contribution in [1.29, 1.82) is 0 Å². The highest BCUT2D eigenvalue weighted by atomic mass is 79.9. The molecule has 0 aliphatic carbocycles. The van der Waals surface area contributed by atoms with E-state index >= 15 is 0 Å². The lowest BCUT2D eigenvalue weighted by Gasteiger charge is -2.26. The Morgan fingerprint density at radius 2 is 2.16 bits per heavy atom. The molecule has 25 heavy (non-hydrogen) atoms. The number of carbonyl (C=O) groups is 1. The van der Waals surface area contributed by atoms with Crippen molar-refractivity contribution in [2.24, 2.45) is 5.10 Å². The van der Waals surface area contributed by atoms with E-state index < -0.39 is 0 Å². The van der Waals surface area contributed by atoms with Crippen LogP contribution in [0.3, 0.4) is 0 Å². The minimum atomic E-state index is -0.325. The topological polar surface area (TPSA) is 76.3 Å². The second kappa shape index (κ2) is 8.17. The summed E-state index contributed by atoms with van der Waals surface area (Å²) >= 11 is 3.49. The number of halogens is 1. The van der Waals surface area contributed by atoms with E-state index in [1.54, 1.807) is 31.4 Å². The van der Waals surface area contributed by atoms with Gasteiger partial charge >= 0.3 is 0 Å². The number of hydrazone groups is 1. The maximum atomic E-state index is 12.1. The number of hydrogen-bond donors (Lipinski definition) is 1.